The molecule has 1 unspecified atom stereocenters. The predicted octanol–water partition coefficient (Wildman–Crippen LogP) is 9.13. The SMILES string of the molecule is Clc1ccc2c(c1)C(c1ccccc1)(c1cccc(-c3ccccc3)c1)c1cccc(Br)c1-2. The Bertz CT molecular complexity index is 1470. The molecule has 0 aliphatic heterocycles. The highest BCUT2D eigenvalue weighted by atomic mass is 79.9. The summed E-state index contributed by atoms with van der Waals surface area (Å²) >= 11 is 10.5. The molecule has 0 N–H and O–H groups in total. The molecule has 0 heterocycles. The minimum atomic E-state index is -0.467. The second-order valence-electron chi connectivity index (χ2n) is 8.42. The fourth-order valence-corrected chi connectivity index (χ4v) is 6.09. The zero-order chi connectivity index (χ0) is 22.4. The van der Waals surface area contributed by atoms with E-state index in [-0.39, 0.29) is 0 Å². The van der Waals surface area contributed by atoms with Gasteiger partial charge in [0.1, 0.15) is 0 Å². The van der Waals surface area contributed by atoms with Crippen molar-refractivity contribution in [3.05, 3.63) is 153 Å². The summed E-state index contributed by atoms with van der Waals surface area (Å²) in [6.07, 6.45) is 0. The van der Waals surface area contributed by atoms with Gasteiger partial charge in [-0.25, -0.2) is 0 Å². The normalized spacial score (nSPS) is 16.3. The summed E-state index contributed by atoms with van der Waals surface area (Å²) in [4.78, 5) is 0. The van der Waals surface area contributed by atoms with Crippen LogP contribution in [0.15, 0.2) is 126 Å². The molecule has 2 heteroatoms. The Kier molecular flexibility index (Phi) is 4.98. The highest BCUT2D eigenvalue weighted by Gasteiger charge is 2.46. The highest BCUT2D eigenvalue weighted by Crippen LogP contribution is 2.58. The number of benzene rings is 5. The lowest BCUT2D eigenvalue weighted by Gasteiger charge is -2.34. The molecule has 0 bridgehead atoms. The van der Waals surface area contributed by atoms with E-state index in [1.54, 1.807) is 0 Å². The van der Waals surface area contributed by atoms with Crippen molar-refractivity contribution in [2.45, 2.75) is 5.41 Å². The first kappa shape index (κ1) is 20.5. The molecule has 5 aromatic rings. The third kappa shape index (κ3) is 3.11. The molecule has 1 aliphatic carbocycles. The van der Waals surface area contributed by atoms with Gasteiger partial charge in [0, 0.05) is 15.1 Å². The van der Waals surface area contributed by atoms with Crippen LogP contribution in [0.25, 0.3) is 22.3 Å². The van der Waals surface area contributed by atoms with Gasteiger partial charge in [-0.2, -0.15) is 0 Å². The maximum Gasteiger partial charge on any atom is 0.0714 e. The Morgan fingerprint density at radius 3 is 2.00 bits per heavy atom. The maximum absolute atomic E-state index is 6.62. The van der Waals surface area contributed by atoms with Crippen molar-refractivity contribution in [3.63, 3.8) is 0 Å². The van der Waals surface area contributed by atoms with Crippen molar-refractivity contribution in [2.24, 2.45) is 0 Å². The van der Waals surface area contributed by atoms with E-state index in [4.69, 9.17) is 11.6 Å². The minimum absolute atomic E-state index is 0.467. The molecule has 6 rings (SSSR count). The van der Waals surface area contributed by atoms with Crippen molar-refractivity contribution in [1.29, 1.82) is 0 Å². The van der Waals surface area contributed by atoms with Crippen LogP contribution in [0, 0.1) is 0 Å². The second-order valence-corrected chi connectivity index (χ2v) is 9.71. The molecule has 1 aliphatic rings. The van der Waals surface area contributed by atoms with Gasteiger partial charge in [-0.15, -0.1) is 0 Å². The van der Waals surface area contributed by atoms with E-state index in [0.717, 1.165) is 9.50 Å². The van der Waals surface area contributed by atoms with Crippen molar-refractivity contribution < 1.29 is 0 Å². The van der Waals surface area contributed by atoms with Crippen molar-refractivity contribution in [2.75, 3.05) is 0 Å². The van der Waals surface area contributed by atoms with E-state index in [1.807, 2.05) is 6.07 Å². The summed E-state index contributed by atoms with van der Waals surface area (Å²) in [5.41, 5.74) is 9.35. The summed E-state index contributed by atoms with van der Waals surface area (Å²) in [6, 6.07) is 43.1. The Hall–Kier alpha value is -3.13. The second kappa shape index (κ2) is 8.02. The van der Waals surface area contributed by atoms with Crippen LogP contribution in [0.4, 0.5) is 0 Å². The summed E-state index contributed by atoms with van der Waals surface area (Å²) < 4.78 is 1.10. The largest absolute Gasteiger partial charge is 0.0843 e. The summed E-state index contributed by atoms with van der Waals surface area (Å²) in [5, 5.41) is 0.747. The molecule has 33 heavy (non-hydrogen) atoms. The monoisotopic (exact) mass is 506 g/mol. The predicted molar refractivity (Wildman–Crippen MR) is 142 cm³/mol. The first-order chi connectivity index (χ1) is 16.2. The number of hydrogen-bond acceptors (Lipinski definition) is 0. The lowest BCUT2D eigenvalue weighted by atomic mass is 9.67. The molecular formula is C31H20BrCl. The summed E-state index contributed by atoms with van der Waals surface area (Å²) in [7, 11) is 0. The van der Waals surface area contributed by atoms with Gasteiger partial charge in [-0.1, -0.05) is 125 Å². The fraction of sp³-hybridized carbons (Fsp3) is 0.0323. The van der Waals surface area contributed by atoms with Crippen LogP contribution in [-0.4, -0.2) is 0 Å². The first-order valence-corrected chi connectivity index (χ1v) is 12.2. The third-order valence-corrected chi connectivity index (χ3v) is 7.58. The van der Waals surface area contributed by atoms with Gasteiger partial charge in [-0.05, 0) is 63.2 Å². The number of halogens is 2. The Balaban J connectivity index is 1.75. The lowest BCUT2D eigenvalue weighted by Crippen LogP contribution is -2.28. The molecule has 158 valence electrons. The van der Waals surface area contributed by atoms with Gasteiger partial charge in [0.15, 0.2) is 0 Å². The lowest BCUT2D eigenvalue weighted by molar-refractivity contribution is 0.768. The third-order valence-electron chi connectivity index (χ3n) is 6.68. The Morgan fingerprint density at radius 2 is 1.21 bits per heavy atom. The Morgan fingerprint density at radius 1 is 0.545 bits per heavy atom. The van der Waals surface area contributed by atoms with Crippen molar-refractivity contribution in [1.82, 2.24) is 0 Å². The molecule has 0 fully saturated rings. The fourth-order valence-electron chi connectivity index (χ4n) is 5.34. The van der Waals surface area contributed by atoms with E-state index >= 15 is 0 Å². The first-order valence-electron chi connectivity index (χ1n) is 11.0. The van der Waals surface area contributed by atoms with Crippen LogP contribution in [0.1, 0.15) is 22.3 Å². The van der Waals surface area contributed by atoms with Crippen molar-refractivity contribution in [3.8, 4) is 22.3 Å². The zero-order valence-corrected chi connectivity index (χ0v) is 20.1. The maximum atomic E-state index is 6.62. The molecule has 1 atom stereocenters. The van der Waals surface area contributed by atoms with Gasteiger partial charge in [-0.3, -0.25) is 0 Å². The van der Waals surface area contributed by atoms with Gasteiger partial charge in [0.2, 0.25) is 0 Å². The Labute approximate surface area is 207 Å². The van der Waals surface area contributed by atoms with Crippen molar-refractivity contribution >= 4 is 27.5 Å². The molecule has 0 amide bonds. The molecule has 0 aromatic heterocycles. The van der Waals surface area contributed by atoms with Gasteiger partial charge < -0.3 is 0 Å². The average Bonchev–Trinajstić information content (AvgIpc) is 3.16. The minimum Gasteiger partial charge on any atom is -0.0843 e. The number of hydrogen-bond donors (Lipinski definition) is 0. The number of fused-ring (bicyclic) bond motifs is 3. The van der Waals surface area contributed by atoms with Crippen LogP contribution in [0.5, 0.6) is 0 Å². The van der Waals surface area contributed by atoms with Crippen LogP contribution in [0.3, 0.4) is 0 Å². The van der Waals surface area contributed by atoms with E-state index in [1.165, 1.54) is 44.5 Å². The zero-order valence-electron chi connectivity index (χ0n) is 17.8. The van der Waals surface area contributed by atoms with E-state index < -0.39 is 5.41 Å². The summed E-state index contributed by atoms with van der Waals surface area (Å²) in [6.45, 7) is 0. The average molecular weight is 508 g/mol. The molecule has 0 saturated heterocycles. The summed E-state index contributed by atoms with van der Waals surface area (Å²) in [5.74, 6) is 0. The molecule has 0 saturated carbocycles. The highest BCUT2D eigenvalue weighted by molar-refractivity contribution is 9.10. The van der Waals surface area contributed by atoms with Gasteiger partial charge in [0.25, 0.3) is 0 Å². The molecule has 0 spiro atoms. The smallest absolute Gasteiger partial charge is 0.0714 e. The van der Waals surface area contributed by atoms with E-state index in [2.05, 4.69) is 131 Å². The topological polar surface area (TPSA) is 0 Å². The number of rotatable bonds is 3. The van der Waals surface area contributed by atoms with Gasteiger partial charge >= 0.3 is 0 Å². The molecule has 0 radical (unpaired) electrons. The molecular weight excluding hydrogens is 488 g/mol. The van der Waals surface area contributed by atoms with Crippen LogP contribution >= 0.6 is 27.5 Å². The van der Waals surface area contributed by atoms with Crippen LogP contribution < -0.4 is 0 Å². The molecule has 5 aromatic carbocycles. The van der Waals surface area contributed by atoms with E-state index in [9.17, 15) is 0 Å². The van der Waals surface area contributed by atoms with E-state index in [0.29, 0.717) is 0 Å². The van der Waals surface area contributed by atoms with Crippen LogP contribution in [-0.2, 0) is 5.41 Å². The van der Waals surface area contributed by atoms with Crippen LogP contribution in [0.2, 0.25) is 5.02 Å². The standard InChI is InChI=1S/C31H20BrCl/c32-29-16-8-15-27-30(29)26-18-17-25(33)20-28(26)31(27,23-12-5-2-6-13-23)24-14-7-11-22(19-24)21-9-3-1-4-10-21/h1-20H. The quantitative estimate of drug-likeness (QED) is 0.224. The molecule has 0 nitrogen and oxygen atoms in total. The van der Waals surface area contributed by atoms with Gasteiger partial charge in [0.05, 0.1) is 5.41 Å².